The van der Waals surface area contributed by atoms with Gasteiger partial charge in [0.25, 0.3) is 10.0 Å². The zero-order chi connectivity index (χ0) is 12.9. The number of rotatable bonds is 6. The van der Waals surface area contributed by atoms with Crippen LogP contribution in [0.25, 0.3) is 0 Å². The number of nitrogens with two attached hydrogens (primary N) is 1. The molecule has 9 heteroatoms. The summed E-state index contributed by atoms with van der Waals surface area (Å²) in [5, 5.41) is 11.3. The summed E-state index contributed by atoms with van der Waals surface area (Å²) in [5.41, 5.74) is 5.41. The molecule has 1 rings (SSSR count). The lowest BCUT2D eigenvalue weighted by Gasteiger charge is -2.15. The Hall–Kier alpha value is -1.61. The summed E-state index contributed by atoms with van der Waals surface area (Å²) in [7, 11) is -3.73. The average molecular weight is 261 g/mol. The van der Waals surface area contributed by atoms with Gasteiger partial charge >= 0.3 is 0 Å². The molecule has 0 saturated heterocycles. The van der Waals surface area contributed by atoms with Crippen LogP contribution in [0, 0.1) is 0 Å². The SMILES string of the molecule is CCCC(NS(=O)(=O)c1cnc[nH]1)C(N)=NO. The monoisotopic (exact) mass is 261 g/mol. The molecule has 1 heterocycles. The molecule has 1 aromatic rings. The topological polar surface area (TPSA) is 133 Å². The van der Waals surface area contributed by atoms with E-state index in [1.807, 2.05) is 6.92 Å². The Morgan fingerprint density at radius 2 is 2.47 bits per heavy atom. The molecule has 0 aliphatic heterocycles. The highest BCUT2D eigenvalue weighted by atomic mass is 32.2. The van der Waals surface area contributed by atoms with Crippen LogP contribution in [0.4, 0.5) is 0 Å². The minimum atomic E-state index is -3.73. The number of aromatic nitrogens is 2. The fourth-order valence-electron chi connectivity index (χ4n) is 1.27. The van der Waals surface area contributed by atoms with Gasteiger partial charge in [-0.3, -0.25) is 0 Å². The van der Waals surface area contributed by atoms with Gasteiger partial charge in [-0.25, -0.2) is 13.4 Å². The maximum Gasteiger partial charge on any atom is 0.258 e. The first kappa shape index (κ1) is 13.5. The van der Waals surface area contributed by atoms with E-state index in [1.165, 1.54) is 12.5 Å². The Labute approximate surface area is 99.0 Å². The van der Waals surface area contributed by atoms with Gasteiger partial charge in [0, 0.05) is 0 Å². The van der Waals surface area contributed by atoms with Gasteiger partial charge in [0.15, 0.2) is 10.9 Å². The van der Waals surface area contributed by atoms with Crippen molar-refractivity contribution in [1.82, 2.24) is 14.7 Å². The molecule has 1 atom stereocenters. The normalized spacial score (nSPS) is 14.8. The van der Waals surface area contributed by atoms with Gasteiger partial charge in [-0.15, -0.1) is 0 Å². The second kappa shape index (κ2) is 5.64. The fraction of sp³-hybridized carbons (Fsp3) is 0.500. The number of nitrogens with zero attached hydrogens (tertiary/aromatic N) is 2. The van der Waals surface area contributed by atoms with Crippen LogP contribution in [0.1, 0.15) is 19.8 Å². The smallest absolute Gasteiger partial charge is 0.258 e. The molecule has 1 unspecified atom stereocenters. The third-order valence-electron chi connectivity index (χ3n) is 2.11. The summed E-state index contributed by atoms with van der Waals surface area (Å²) >= 11 is 0. The van der Waals surface area contributed by atoms with Gasteiger partial charge in [-0.1, -0.05) is 18.5 Å². The lowest BCUT2D eigenvalue weighted by atomic mass is 10.2. The van der Waals surface area contributed by atoms with Crippen molar-refractivity contribution < 1.29 is 13.6 Å². The molecule has 8 nitrogen and oxygen atoms in total. The molecule has 17 heavy (non-hydrogen) atoms. The molecule has 0 aliphatic carbocycles. The third kappa shape index (κ3) is 3.43. The Balaban J connectivity index is 2.87. The number of hydrogen-bond acceptors (Lipinski definition) is 5. The maximum absolute atomic E-state index is 11.8. The van der Waals surface area contributed by atoms with Crippen molar-refractivity contribution in [2.75, 3.05) is 0 Å². The second-order valence-corrected chi connectivity index (χ2v) is 5.09. The number of sulfonamides is 1. The van der Waals surface area contributed by atoms with Crippen LogP contribution < -0.4 is 10.5 Å². The van der Waals surface area contributed by atoms with Gasteiger partial charge < -0.3 is 15.9 Å². The van der Waals surface area contributed by atoms with E-state index in [2.05, 4.69) is 19.8 Å². The second-order valence-electron chi connectivity index (χ2n) is 3.40. The van der Waals surface area contributed by atoms with E-state index in [-0.39, 0.29) is 10.9 Å². The highest BCUT2D eigenvalue weighted by Gasteiger charge is 2.23. The minimum Gasteiger partial charge on any atom is -0.409 e. The maximum atomic E-state index is 11.8. The first-order valence-electron chi connectivity index (χ1n) is 4.99. The highest BCUT2D eigenvalue weighted by Crippen LogP contribution is 2.06. The van der Waals surface area contributed by atoms with Crippen molar-refractivity contribution in [3.05, 3.63) is 12.5 Å². The Morgan fingerprint density at radius 3 is 2.94 bits per heavy atom. The van der Waals surface area contributed by atoms with Crippen LogP contribution in [0.3, 0.4) is 0 Å². The van der Waals surface area contributed by atoms with Gasteiger partial charge in [-0.2, -0.15) is 4.72 Å². The zero-order valence-electron chi connectivity index (χ0n) is 9.29. The molecule has 0 amide bonds. The predicted octanol–water partition coefficient (Wildman–Crippen LogP) is -0.397. The quantitative estimate of drug-likeness (QED) is 0.239. The summed E-state index contributed by atoms with van der Waals surface area (Å²) < 4.78 is 26.0. The molecule has 1 aromatic heterocycles. The first-order valence-corrected chi connectivity index (χ1v) is 6.47. The third-order valence-corrected chi connectivity index (χ3v) is 3.51. The molecule has 96 valence electrons. The van der Waals surface area contributed by atoms with Crippen molar-refractivity contribution in [2.45, 2.75) is 30.8 Å². The van der Waals surface area contributed by atoms with Crippen LogP contribution in [-0.2, 0) is 10.0 Å². The summed E-state index contributed by atoms with van der Waals surface area (Å²) in [6, 6.07) is -0.738. The Morgan fingerprint density at radius 1 is 1.76 bits per heavy atom. The lowest BCUT2D eigenvalue weighted by molar-refractivity contribution is 0.315. The van der Waals surface area contributed by atoms with Crippen molar-refractivity contribution in [3.8, 4) is 0 Å². The molecule has 0 fully saturated rings. The number of oxime groups is 1. The van der Waals surface area contributed by atoms with E-state index < -0.39 is 16.1 Å². The highest BCUT2D eigenvalue weighted by molar-refractivity contribution is 7.89. The van der Waals surface area contributed by atoms with Gasteiger partial charge in [0.2, 0.25) is 0 Å². The Bertz CT molecular complexity index is 467. The molecule has 0 spiro atoms. The van der Waals surface area contributed by atoms with Crippen molar-refractivity contribution in [2.24, 2.45) is 10.9 Å². The number of amidine groups is 1. The van der Waals surface area contributed by atoms with E-state index in [9.17, 15) is 8.42 Å². The van der Waals surface area contributed by atoms with Crippen molar-refractivity contribution in [1.29, 1.82) is 0 Å². The average Bonchev–Trinajstić information content (AvgIpc) is 2.81. The van der Waals surface area contributed by atoms with E-state index in [1.54, 1.807) is 0 Å². The van der Waals surface area contributed by atoms with Gasteiger partial charge in [-0.05, 0) is 6.42 Å². The number of hydrogen-bond donors (Lipinski definition) is 4. The van der Waals surface area contributed by atoms with Crippen LogP contribution in [-0.4, -0.2) is 35.5 Å². The zero-order valence-corrected chi connectivity index (χ0v) is 10.1. The van der Waals surface area contributed by atoms with E-state index in [4.69, 9.17) is 10.9 Å². The molecule has 0 saturated carbocycles. The van der Waals surface area contributed by atoms with Crippen molar-refractivity contribution >= 4 is 15.9 Å². The minimum absolute atomic E-state index is 0.0654. The van der Waals surface area contributed by atoms with Crippen molar-refractivity contribution in [3.63, 3.8) is 0 Å². The number of nitrogens with one attached hydrogen (secondary N) is 2. The largest absolute Gasteiger partial charge is 0.409 e. The molecule has 5 N–H and O–H groups in total. The molecule has 0 radical (unpaired) electrons. The molecule has 0 aliphatic rings. The molecule has 0 bridgehead atoms. The van der Waals surface area contributed by atoms with E-state index in [0.29, 0.717) is 12.8 Å². The van der Waals surface area contributed by atoms with Crippen LogP contribution >= 0.6 is 0 Å². The lowest BCUT2D eigenvalue weighted by Crippen LogP contribution is -2.44. The fourth-order valence-corrected chi connectivity index (χ4v) is 2.41. The number of imidazole rings is 1. The van der Waals surface area contributed by atoms with E-state index in [0.717, 1.165) is 0 Å². The number of H-pyrrole nitrogens is 1. The summed E-state index contributed by atoms with van der Waals surface area (Å²) in [4.78, 5) is 6.10. The summed E-state index contributed by atoms with van der Waals surface area (Å²) in [6.07, 6.45) is 3.56. The van der Waals surface area contributed by atoms with Crippen LogP contribution in [0.2, 0.25) is 0 Å². The van der Waals surface area contributed by atoms with Crippen LogP contribution in [0.5, 0.6) is 0 Å². The predicted molar refractivity (Wildman–Crippen MR) is 61.0 cm³/mol. The van der Waals surface area contributed by atoms with Gasteiger partial charge in [0.05, 0.1) is 18.6 Å². The van der Waals surface area contributed by atoms with Crippen LogP contribution in [0.15, 0.2) is 22.7 Å². The molecular weight excluding hydrogens is 246 g/mol. The summed E-state index contributed by atoms with van der Waals surface area (Å²) in [5.74, 6) is -0.171. The first-order chi connectivity index (χ1) is 8.01. The number of aromatic amines is 1. The van der Waals surface area contributed by atoms with E-state index >= 15 is 0 Å². The van der Waals surface area contributed by atoms with Gasteiger partial charge in [0.1, 0.15) is 0 Å². The standard InChI is InChI=1S/C8H15N5O3S/c1-2-3-6(8(9)12-14)13-17(15,16)7-4-10-5-11-7/h4-6,13-14H,2-3H2,1H3,(H2,9,12)(H,10,11). The Kier molecular flexibility index (Phi) is 4.46. The molecular formula is C8H15N5O3S. The summed E-state index contributed by atoms with van der Waals surface area (Å²) in [6.45, 7) is 1.86. The molecule has 0 aromatic carbocycles.